The van der Waals surface area contributed by atoms with Crippen LogP contribution in [0.2, 0.25) is 0 Å². The fourth-order valence-electron chi connectivity index (χ4n) is 5.14. The lowest BCUT2D eigenvalue weighted by Gasteiger charge is -2.48. The molecule has 1 heterocycles. The molecule has 0 aliphatic carbocycles. The summed E-state index contributed by atoms with van der Waals surface area (Å²) in [6, 6.07) is 24.4. The standard InChI is InChI=1S/C30H35N3O3/c1-30(29(36)31-18-9-19-32(2)3)26-13-8-7-12-25(26)28(35)33(20-22-10-5-4-6-11-22)27(30)24-16-14-23(21-34)15-17-24/h4-8,10-17,27,34H,9,18-21H2,1-3H3,(H,31,36)/t27-,30-/m0/s1. The van der Waals surface area contributed by atoms with Crippen molar-refractivity contribution < 1.29 is 14.7 Å². The van der Waals surface area contributed by atoms with Gasteiger partial charge in [0, 0.05) is 18.7 Å². The van der Waals surface area contributed by atoms with E-state index in [0.717, 1.165) is 35.2 Å². The zero-order valence-electron chi connectivity index (χ0n) is 21.3. The average Bonchev–Trinajstić information content (AvgIpc) is 2.90. The number of carbonyl (C=O) groups is 2. The molecule has 2 N–H and O–H groups in total. The van der Waals surface area contributed by atoms with Crippen LogP contribution in [0.25, 0.3) is 0 Å². The molecule has 0 saturated heterocycles. The van der Waals surface area contributed by atoms with Crippen molar-refractivity contribution in [2.45, 2.75) is 38.0 Å². The van der Waals surface area contributed by atoms with E-state index in [1.54, 1.807) is 0 Å². The van der Waals surface area contributed by atoms with Crippen LogP contribution >= 0.6 is 0 Å². The molecule has 4 rings (SSSR count). The van der Waals surface area contributed by atoms with Gasteiger partial charge in [-0.1, -0.05) is 72.8 Å². The third-order valence-electron chi connectivity index (χ3n) is 7.05. The highest BCUT2D eigenvalue weighted by Crippen LogP contribution is 2.48. The van der Waals surface area contributed by atoms with Gasteiger partial charge in [-0.15, -0.1) is 0 Å². The second-order valence-corrected chi connectivity index (χ2v) is 9.88. The molecule has 188 valence electrons. The first-order valence-corrected chi connectivity index (χ1v) is 12.4. The molecular weight excluding hydrogens is 450 g/mol. The molecule has 2 amide bonds. The molecule has 6 nitrogen and oxygen atoms in total. The van der Waals surface area contributed by atoms with Gasteiger partial charge in [-0.2, -0.15) is 0 Å². The Morgan fingerprint density at radius 1 is 0.972 bits per heavy atom. The second kappa shape index (κ2) is 11.1. The Bertz CT molecular complexity index is 1190. The number of aliphatic hydroxyl groups is 1. The monoisotopic (exact) mass is 485 g/mol. The minimum Gasteiger partial charge on any atom is -0.392 e. The number of fused-ring (bicyclic) bond motifs is 1. The SMILES string of the molecule is CN(C)CCCNC(=O)[C@@]1(C)c2ccccc2C(=O)N(Cc2ccccc2)[C@H]1c1ccc(CO)cc1. The molecule has 1 aliphatic heterocycles. The van der Waals surface area contributed by atoms with Crippen LogP contribution in [0.1, 0.15) is 52.0 Å². The van der Waals surface area contributed by atoms with Gasteiger partial charge in [-0.05, 0) is 62.3 Å². The van der Waals surface area contributed by atoms with E-state index in [9.17, 15) is 14.7 Å². The van der Waals surface area contributed by atoms with Crippen molar-refractivity contribution in [2.24, 2.45) is 0 Å². The third kappa shape index (κ3) is 5.06. The first kappa shape index (κ1) is 25.6. The van der Waals surface area contributed by atoms with Crippen LogP contribution in [0.15, 0.2) is 78.9 Å². The van der Waals surface area contributed by atoms with Crippen molar-refractivity contribution in [2.75, 3.05) is 27.2 Å². The lowest BCUT2D eigenvalue weighted by molar-refractivity contribution is -0.129. The zero-order chi connectivity index (χ0) is 25.7. The summed E-state index contributed by atoms with van der Waals surface area (Å²) in [4.78, 5) is 31.9. The topological polar surface area (TPSA) is 72.9 Å². The van der Waals surface area contributed by atoms with Crippen molar-refractivity contribution >= 4 is 11.8 Å². The molecule has 0 saturated carbocycles. The number of hydrogen-bond donors (Lipinski definition) is 2. The molecule has 3 aromatic rings. The second-order valence-electron chi connectivity index (χ2n) is 9.88. The molecule has 0 fully saturated rings. The highest BCUT2D eigenvalue weighted by molar-refractivity contribution is 6.03. The van der Waals surface area contributed by atoms with Gasteiger partial charge in [0.05, 0.1) is 18.1 Å². The van der Waals surface area contributed by atoms with Gasteiger partial charge in [-0.3, -0.25) is 9.59 Å². The van der Waals surface area contributed by atoms with Gasteiger partial charge in [-0.25, -0.2) is 0 Å². The van der Waals surface area contributed by atoms with Gasteiger partial charge in [0.15, 0.2) is 0 Å². The summed E-state index contributed by atoms with van der Waals surface area (Å²) in [7, 11) is 4.03. The summed E-state index contributed by atoms with van der Waals surface area (Å²) < 4.78 is 0. The zero-order valence-corrected chi connectivity index (χ0v) is 21.3. The summed E-state index contributed by atoms with van der Waals surface area (Å²) in [5.41, 5.74) is 2.92. The Labute approximate surface area is 213 Å². The summed E-state index contributed by atoms with van der Waals surface area (Å²) in [5, 5.41) is 12.7. The van der Waals surface area contributed by atoms with E-state index in [1.165, 1.54) is 0 Å². The first-order chi connectivity index (χ1) is 17.4. The highest BCUT2D eigenvalue weighted by atomic mass is 16.3. The third-order valence-corrected chi connectivity index (χ3v) is 7.05. The maximum Gasteiger partial charge on any atom is 0.255 e. The smallest absolute Gasteiger partial charge is 0.255 e. The van der Waals surface area contributed by atoms with E-state index in [-0.39, 0.29) is 18.4 Å². The van der Waals surface area contributed by atoms with E-state index in [2.05, 4.69) is 10.2 Å². The summed E-state index contributed by atoms with van der Waals surface area (Å²) in [6.45, 7) is 3.69. The number of rotatable bonds is 9. The summed E-state index contributed by atoms with van der Waals surface area (Å²) >= 11 is 0. The molecule has 0 radical (unpaired) electrons. The summed E-state index contributed by atoms with van der Waals surface area (Å²) in [6.07, 6.45) is 0.832. The molecule has 0 aromatic heterocycles. The van der Waals surface area contributed by atoms with Crippen molar-refractivity contribution in [3.8, 4) is 0 Å². The number of nitrogens with one attached hydrogen (secondary N) is 1. The van der Waals surface area contributed by atoms with Crippen molar-refractivity contribution in [1.82, 2.24) is 15.1 Å². The fourth-order valence-corrected chi connectivity index (χ4v) is 5.14. The van der Waals surface area contributed by atoms with E-state index in [0.29, 0.717) is 18.7 Å². The van der Waals surface area contributed by atoms with Crippen molar-refractivity contribution in [3.05, 3.63) is 107 Å². The fraction of sp³-hybridized carbons (Fsp3) is 0.333. The number of aliphatic hydroxyl groups excluding tert-OH is 1. The average molecular weight is 486 g/mol. The van der Waals surface area contributed by atoms with Crippen molar-refractivity contribution in [1.29, 1.82) is 0 Å². The molecule has 0 spiro atoms. The maximum atomic E-state index is 14.0. The van der Waals surface area contributed by atoms with Crippen LogP contribution in [0.5, 0.6) is 0 Å². The predicted molar refractivity (Wildman–Crippen MR) is 141 cm³/mol. The number of carbonyl (C=O) groups excluding carboxylic acids is 2. The van der Waals surface area contributed by atoms with E-state index < -0.39 is 11.5 Å². The molecule has 36 heavy (non-hydrogen) atoms. The maximum absolute atomic E-state index is 14.0. The predicted octanol–water partition coefficient (Wildman–Crippen LogP) is 3.90. The molecular formula is C30H35N3O3. The first-order valence-electron chi connectivity index (χ1n) is 12.4. The van der Waals surface area contributed by atoms with Crippen LogP contribution in [-0.2, 0) is 23.4 Å². The van der Waals surface area contributed by atoms with Gasteiger partial charge in [0.25, 0.3) is 5.91 Å². The van der Waals surface area contributed by atoms with Gasteiger partial charge in [0.1, 0.15) is 0 Å². The van der Waals surface area contributed by atoms with Gasteiger partial charge in [0.2, 0.25) is 5.91 Å². The lowest BCUT2D eigenvalue weighted by Crippen LogP contribution is -2.57. The Kier molecular flexibility index (Phi) is 7.87. The van der Waals surface area contributed by atoms with Crippen LogP contribution in [0.4, 0.5) is 0 Å². The lowest BCUT2D eigenvalue weighted by atomic mass is 9.67. The Hall–Kier alpha value is -3.48. The minimum absolute atomic E-state index is 0.0654. The number of amides is 2. The molecule has 0 bridgehead atoms. The van der Waals surface area contributed by atoms with Crippen molar-refractivity contribution in [3.63, 3.8) is 0 Å². The molecule has 3 aromatic carbocycles. The molecule has 6 heteroatoms. The van der Waals surface area contributed by atoms with E-state index >= 15 is 0 Å². The van der Waals surface area contributed by atoms with Crippen LogP contribution in [-0.4, -0.2) is 53.9 Å². The Morgan fingerprint density at radius 3 is 2.31 bits per heavy atom. The Morgan fingerprint density at radius 2 is 1.64 bits per heavy atom. The van der Waals surface area contributed by atoms with Gasteiger partial charge < -0.3 is 20.2 Å². The number of hydrogen-bond acceptors (Lipinski definition) is 4. The molecule has 2 atom stereocenters. The number of nitrogens with zero attached hydrogens (tertiary/aromatic N) is 2. The quantitative estimate of drug-likeness (QED) is 0.451. The van der Waals surface area contributed by atoms with E-state index in [4.69, 9.17) is 0 Å². The van der Waals surface area contributed by atoms with Crippen LogP contribution < -0.4 is 5.32 Å². The minimum atomic E-state index is -1.02. The summed E-state index contributed by atoms with van der Waals surface area (Å²) in [5.74, 6) is -0.195. The normalized spacial score (nSPS) is 19.3. The number of benzene rings is 3. The molecule has 1 aliphatic rings. The van der Waals surface area contributed by atoms with E-state index in [1.807, 2.05) is 105 Å². The Balaban J connectivity index is 1.82. The largest absolute Gasteiger partial charge is 0.392 e. The highest BCUT2D eigenvalue weighted by Gasteiger charge is 2.53. The van der Waals surface area contributed by atoms with Crippen LogP contribution in [0.3, 0.4) is 0 Å². The van der Waals surface area contributed by atoms with Crippen LogP contribution in [0, 0.1) is 0 Å². The van der Waals surface area contributed by atoms with Gasteiger partial charge >= 0.3 is 0 Å². The molecule has 0 unspecified atom stereocenters.